The highest BCUT2D eigenvalue weighted by molar-refractivity contribution is 5.78. The molecule has 1 aliphatic carbocycles. The molecule has 2 atom stereocenters. The van der Waals surface area contributed by atoms with E-state index in [1.54, 1.807) is 0 Å². The lowest BCUT2D eigenvalue weighted by Gasteiger charge is -2.56. The number of aromatic nitrogens is 2. The van der Waals surface area contributed by atoms with Gasteiger partial charge in [0, 0.05) is 29.1 Å². The van der Waals surface area contributed by atoms with Crippen molar-refractivity contribution in [3.05, 3.63) is 65.2 Å². The number of likely N-dealkylation sites (tertiary alicyclic amines) is 1. The summed E-state index contributed by atoms with van der Waals surface area (Å²) in [4.78, 5) is 22.7. The van der Waals surface area contributed by atoms with Crippen LogP contribution in [0.5, 0.6) is 0 Å². The maximum Gasteiger partial charge on any atom is 0.410 e. The molecule has 1 saturated heterocycles. The van der Waals surface area contributed by atoms with Crippen LogP contribution < -0.4 is 0 Å². The number of aromatic amines is 1. The highest BCUT2D eigenvalue weighted by Crippen LogP contribution is 2.52. The molecule has 5 nitrogen and oxygen atoms in total. The predicted octanol–water partition coefficient (Wildman–Crippen LogP) is 5.53. The number of nitrogens with one attached hydrogen (secondary N) is 1. The highest BCUT2D eigenvalue weighted by Gasteiger charge is 2.56. The topological polar surface area (TPSA) is 58.2 Å². The Hall–Kier alpha value is -3.33. The molecule has 6 heteroatoms. The van der Waals surface area contributed by atoms with E-state index in [2.05, 4.69) is 21.8 Å². The first-order valence-corrected chi connectivity index (χ1v) is 11.5. The van der Waals surface area contributed by atoms with Crippen molar-refractivity contribution in [1.82, 2.24) is 14.9 Å². The van der Waals surface area contributed by atoms with Crippen molar-refractivity contribution >= 4 is 17.1 Å². The zero-order chi connectivity index (χ0) is 23.2. The summed E-state index contributed by atoms with van der Waals surface area (Å²) >= 11 is 0. The highest BCUT2D eigenvalue weighted by atomic mass is 19.1. The fourth-order valence-electron chi connectivity index (χ4n) is 5.07. The van der Waals surface area contributed by atoms with Gasteiger partial charge in [-0.1, -0.05) is 30.0 Å². The number of hydrogen-bond donors (Lipinski definition) is 1. The van der Waals surface area contributed by atoms with E-state index < -0.39 is 5.60 Å². The molecule has 2 unspecified atom stereocenters. The molecule has 2 aliphatic rings. The molecule has 2 fully saturated rings. The van der Waals surface area contributed by atoms with E-state index >= 15 is 0 Å². The minimum Gasteiger partial charge on any atom is -0.444 e. The zero-order valence-electron chi connectivity index (χ0n) is 19.2. The number of imidazole rings is 1. The minimum absolute atomic E-state index is 0.0158. The van der Waals surface area contributed by atoms with Gasteiger partial charge in [-0.3, -0.25) is 0 Å². The number of ether oxygens (including phenoxy) is 1. The summed E-state index contributed by atoms with van der Waals surface area (Å²) < 4.78 is 20.6. The van der Waals surface area contributed by atoms with Crippen LogP contribution in [0.25, 0.3) is 11.0 Å². The maximum atomic E-state index is 14.9. The van der Waals surface area contributed by atoms with Crippen LogP contribution in [0.1, 0.15) is 63.4 Å². The molecule has 0 spiro atoms. The van der Waals surface area contributed by atoms with Gasteiger partial charge in [-0.25, -0.2) is 14.2 Å². The summed E-state index contributed by atoms with van der Waals surface area (Å²) in [6, 6.07) is 12.9. The maximum absolute atomic E-state index is 14.9. The van der Waals surface area contributed by atoms with Crippen LogP contribution in [0.15, 0.2) is 42.5 Å². The lowest BCUT2D eigenvalue weighted by Crippen LogP contribution is -2.63. The van der Waals surface area contributed by atoms with Gasteiger partial charge in [-0.15, -0.1) is 0 Å². The van der Waals surface area contributed by atoms with Crippen molar-refractivity contribution < 1.29 is 13.9 Å². The van der Waals surface area contributed by atoms with Crippen LogP contribution in [0.3, 0.4) is 0 Å². The third-order valence-corrected chi connectivity index (χ3v) is 6.66. The summed E-state index contributed by atoms with van der Waals surface area (Å²) in [5.74, 6) is 6.50. The van der Waals surface area contributed by atoms with Crippen molar-refractivity contribution in [3.63, 3.8) is 0 Å². The Kier molecular flexibility index (Phi) is 5.16. The third-order valence-electron chi connectivity index (χ3n) is 6.66. The number of benzene rings is 2. The summed E-state index contributed by atoms with van der Waals surface area (Å²) in [5.41, 5.74) is 1.61. The molecule has 3 aromatic rings. The third kappa shape index (κ3) is 3.97. The van der Waals surface area contributed by atoms with Crippen LogP contribution in [0.2, 0.25) is 0 Å². The zero-order valence-corrected chi connectivity index (χ0v) is 19.2. The number of nitrogens with zero attached hydrogens (tertiary/aromatic N) is 2. The number of H-pyrrole nitrogens is 1. The normalized spacial score (nSPS) is 22.2. The second-order valence-electron chi connectivity index (χ2n) is 10.0. The number of rotatable bonds is 1. The summed E-state index contributed by atoms with van der Waals surface area (Å²) in [6.45, 7) is 6.31. The van der Waals surface area contributed by atoms with E-state index in [9.17, 15) is 9.18 Å². The van der Waals surface area contributed by atoms with Crippen molar-refractivity contribution in [3.8, 4) is 11.8 Å². The number of amides is 1. The standard InChI is InChI=1S/C27H28FN3O2/c1-26(2,3)33-25(32)31-15-7-13-27(14-12-22(27)31)24-29-21-17-19(16-20(28)23(21)30-24)11-10-18-8-5-4-6-9-18/h4-6,8-9,16-17,22H,7,12-15H2,1-3H3,(H,29,30). The number of halogens is 1. The molecule has 5 rings (SSSR count). The molecule has 2 heterocycles. The average molecular weight is 446 g/mol. The van der Waals surface area contributed by atoms with Gasteiger partial charge in [0.1, 0.15) is 16.9 Å². The first-order chi connectivity index (χ1) is 15.7. The SMILES string of the molecule is CC(C)(C)OC(=O)N1CCCC2(c3nc4c(F)cc(C#Cc5ccccc5)cc4[nH]3)CCC12. The van der Waals surface area contributed by atoms with Gasteiger partial charge in [0.25, 0.3) is 0 Å². The Morgan fingerprint density at radius 3 is 2.64 bits per heavy atom. The summed E-state index contributed by atoms with van der Waals surface area (Å²) in [7, 11) is 0. The lowest BCUT2D eigenvalue weighted by atomic mass is 9.59. The largest absolute Gasteiger partial charge is 0.444 e. The van der Waals surface area contributed by atoms with E-state index in [4.69, 9.17) is 4.74 Å². The number of hydrogen-bond acceptors (Lipinski definition) is 3. The molecule has 1 aliphatic heterocycles. The Labute approximate surface area is 193 Å². The van der Waals surface area contributed by atoms with Crippen LogP contribution in [0.4, 0.5) is 9.18 Å². The second-order valence-corrected chi connectivity index (χ2v) is 10.0. The average Bonchev–Trinajstić information content (AvgIpc) is 3.17. The monoisotopic (exact) mass is 445 g/mol. The van der Waals surface area contributed by atoms with Crippen molar-refractivity contribution in [2.45, 2.75) is 63.5 Å². The molecule has 1 amide bonds. The molecular weight excluding hydrogens is 417 g/mol. The molecule has 1 aromatic heterocycles. The minimum atomic E-state index is -0.541. The number of carbonyl (C=O) groups is 1. The Balaban J connectivity index is 1.46. The van der Waals surface area contributed by atoms with E-state index in [1.807, 2.05) is 62.1 Å². The van der Waals surface area contributed by atoms with Gasteiger partial charge >= 0.3 is 6.09 Å². The number of piperidine rings is 1. The Morgan fingerprint density at radius 1 is 1.18 bits per heavy atom. The molecule has 1 saturated carbocycles. The Bertz CT molecular complexity index is 1270. The summed E-state index contributed by atoms with van der Waals surface area (Å²) in [5, 5.41) is 0. The van der Waals surface area contributed by atoms with Gasteiger partial charge in [0.15, 0.2) is 5.82 Å². The molecule has 0 bridgehead atoms. The van der Waals surface area contributed by atoms with E-state index in [0.717, 1.165) is 37.1 Å². The molecule has 170 valence electrons. The lowest BCUT2D eigenvalue weighted by molar-refractivity contribution is -0.0390. The van der Waals surface area contributed by atoms with Crippen molar-refractivity contribution in [2.24, 2.45) is 0 Å². The number of fused-ring (bicyclic) bond motifs is 2. The van der Waals surface area contributed by atoms with E-state index in [0.29, 0.717) is 23.1 Å². The first-order valence-electron chi connectivity index (χ1n) is 11.5. The van der Waals surface area contributed by atoms with Gasteiger partial charge in [-0.05, 0) is 70.7 Å². The van der Waals surface area contributed by atoms with E-state index in [1.165, 1.54) is 6.07 Å². The molecule has 0 radical (unpaired) electrons. The van der Waals surface area contributed by atoms with Crippen molar-refractivity contribution in [2.75, 3.05) is 6.54 Å². The smallest absolute Gasteiger partial charge is 0.410 e. The first kappa shape index (κ1) is 21.5. The van der Waals surface area contributed by atoms with Gasteiger partial charge in [-0.2, -0.15) is 0 Å². The molecule has 2 aromatic carbocycles. The molecule has 1 N–H and O–H groups in total. The van der Waals surface area contributed by atoms with Gasteiger partial charge in [0.05, 0.1) is 5.52 Å². The van der Waals surface area contributed by atoms with E-state index in [-0.39, 0.29) is 23.4 Å². The number of carbonyl (C=O) groups excluding carboxylic acids is 1. The summed E-state index contributed by atoms with van der Waals surface area (Å²) in [6.07, 6.45) is 3.31. The quantitative estimate of drug-likeness (QED) is 0.501. The second kappa shape index (κ2) is 7.91. The molecule has 33 heavy (non-hydrogen) atoms. The van der Waals surface area contributed by atoms with Crippen LogP contribution in [-0.4, -0.2) is 39.1 Å². The fourth-order valence-corrected chi connectivity index (χ4v) is 5.07. The van der Waals surface area contributed by atoms with Crippen LogP contribution >= 0.6 is 0 Å². The molecular formula is C27H28FN3O2. The van der Waals surface area contributed by atoms with Crippen LogP contribution in [-0.2, 0) is 10.2 Å². The van der Waals surface area contributed by atoms with Crippen LogP contribution in [0, 0.1) is 17.7 Å². The Morgan fingerprint density at radius 2 is 1.94 bits per heavy atom. The van der Waals surface area contributed by atoms with Crippen molar-refractivity contribution in [1.29, 1.82) is 0 Å². The van der Waals surface area contributed by atoms with Gasteiger partial charge in [0.2, 0.25) is 0 Å². The predicted molar refractivity (Wildman–Crippen MR) is 125 cm³/mol. The van der Waals surface area contributed by atoms with Gasteiger partial charge < -0.3 is 14.6 Å². The fraction of sp³-hybridized carbons (Fsp3) is 0.407.